The van der Waals surface area contributed by atoms with Crippen LogP contribution in [0.4, 0.5) is 18.9 Å². The minimum absolute atomic E-state index is 0.119. The number of non-ortho nitro benzene ring substituents is 1. The second kappa shape index (κ2) is 10.4. The van der Waals surface area contributed by atoms with Crippen LogP contribution in [0.15, 0.2) is 85.1 Å². The van der Waals surface area contributed by atoms with Crippen molar-refractivity contribution in [1.29, 1.82) is 0 Å². The molecule has 0 amide bonds. The number of β-amino-alcohol motifs (C(OH)–C–C–N with tert-alkyl or cyclic N) is 1. The molecule has 0 radical (unpaired) electrons. The Hall–Kier alpha value is -4.06. The molecule has 41 heavy (non-hydrogen) atoms. The number of halogens is 3. The van der Waals surface area contributed by atoms with Gasteiger partial charge in [-0.2, -0.15) is 13.2 Å². The summed E-state index contributed by atoms with van der Waals surface area (Å²) in [5.41, 5.74) is -0.912. The van der Waals surface area contributed by atoms with E-state index in [1.165, 1.54) is 40.3 Å². The highest BCUT2D eigenvalue weighted by molar-refractivity contribution is 7.15. The van der Waals surface area contributed by atoms with Gasteiger partial charge in [-0.3, -0.25) is 15.0 Å². The summed E-state index contributed by atoms with van der Waals surface area (Å²) in [7, 11) is 0. The lowest BCUT2D eigenvalue weighted by Crippen LogP contribution is -2.51. The van der Waals surface area contributed by atoms with Crippen LogP contribution in [-0.2, 0) is 25.1 Å². The molecule has 1 N–H and O–H groups in total. The van der Waals surface area contributed by atoms with Crippen LogP contribution in [0.25, 0.3) is 21.5 Å². The lowest BCUT2D eigenvalue weighted by molar-refractivity contribution is -0.384. The number of alkyl halides is 3. The predicted molar refractivity (Wildman–Crippen MR) is 151 cm³/mol. The molecule has 0 fully saturated rings. The zero-order valence-electron chi connectivity index (χ0n) is 21.7. The van der Waals surface area contributed by atoms with Crippen molar-refractivity contribution in [3.05, 3.63) is 117 Å². The molecule has 7 nitrogen and oxygen atoms in total. The van der Waals surface area contributed by atoms with Gasteiger partial charge >= 0.3 is 6.18 Å². The van der Waals surface area contributed by atoms with E-state index in [1.54, 1.807) is 4.90 Å². The van der Waals surface area contributed by atoms with E-state index in [0.717, 1.165) is 26.7 Å². The predicted octanol–water partition coefficient (Wildman–Crippen LogP) is 6.53. The molecule has 0 saturated carbocycles. The first-order valence-corrected chi connectivity index (χ1v) is 13.8. The van der Waals surface area contributed by atoms with E-state index >= 15 is 0 Å². The number of nitro groups is 1. The number of thiazole rings is 1. The summed E-state index contributed by atoms with van der Waals surface area (Å²) >= 11 is 1.45. The fourth-order valence-electron chi connectivity index (χ4n) is 5.37. The van der Waals surface area contributed by atoms with Crippen LogP contribution in [0, 0.1) is 10.1 Å². The number of aromatic nitrogens is 2. The molecular weight excluding hydrogens is 553 g/mol. The zero-order valence-corrected chi connectivity index (χ0v) is 22.5. The zero-order chi connectivity index (χ0) is 28.8. The number of hydrogen-bond acceptors (Lipinski definition) is 6. The number of nitro benzene ring substituents is 1. The standard InChI is InChI=1S/C30H25F3N4O3S/c31-30(32,33)29(38,19-35-14-13-25-27(18-35)41-28(34-25)21-9-5-2-6-10-21)24-17-36(16-20-7-3-1-4-8-20)26-15-22(37(39)40)11-12-23(24)26/h1-12,15,17,38H,13-14,16,18-19H2. The molecule has 1 aliphatic rings. The van der Waals surface area contributed by atoms with Gasteiger partial charge in [0.25, 0.3) is 5.69 Å². The summed E-state index contributed by atoms with van der Waals surface area (Å²) in [6.45, 7) is 0.0302. The van der Waals surface area contributed by atoms with E-state index in [4.69, 9.17) is 4.98 Å². The molecular formula is C30H25F3N4O3S. The average molecular weight is 579 g/mol. The molecule has 0 bridgehead atoms. The van der Waals surface area contributed by atoms with E-state index < -0.39 is 23.2 Å². The van der Waals surface area contributed by atoms with Gasteiger partial charge in [0.1, 0.15) is 5.01 Å². The van der Waals surface area contributed by atoms with Gasteiger partial charge in [0.2, 0.25) is 5.60 Å². The summed E-state index contributed by atoms with van der Waals surface area (Å²) in [5, 5.41) is 24.0. The summed E-state index contributed by atoms with van der Waals surface area (Å²) in [5.74, 6) is 0. The molecule has 0 spiro atoms. The summed E-state index contributed by atoms with van der Waals surface area (Å²) in [6.07, 6.45) is -3.26. The second-order valence-electron chi connectivity index (χ2n) is 10.2. The van der Waals surface area contributed by atoms with Crippen molar-refractivity contribution in [3.8, 4) is 10.6 Å². The molecule has 0 aliphatic carbocycles. The third-order valence-electron chi connectivity index (χ3n) is 7.47. The maximum absolute atomic E-state index is 14.8. The van der Waals surface area contributed by atoms with Gasteiger partial charge in [-0.05, 0) is 11.6 Å². The molecule has 2 aromatic heterocycles. The highest BCUT2D eigenvalue weighted by atomic mass is 32.1. The first-order chi connectivity index (χ1) is 19.6. The van der Waals surface area contributed by atoms with Gasteiger partial charge in [0.05, 0.1) is 16.1 Å². The maximum Gasteiger partial charge on any atom is 0.422 e. The van der Waals surface area contributed by atoms with Crippen LogP contribution in [0.3, 0.4) is 0 Å². The lowest BCUT2D eigenvalue weighted by atomic mass is 9.91. The molecule has 11 heteroatoms. The van der Waals surface area contributed by atoms with Crippen LogP contribution in [0.1, 0.15) is 21.7 Å². The van der Waals surface area contributed by atoms with Crippen LogP contribution < -0.4 is 0 Å². The molecule has 5 aromatic rings. The van der Waals surface area contributed by atoms with Crippen molar-refractivity contribution >= 4 is 27.9 Å². The molecule has 1 atom stereocenters. The molecule has 1 unspecified atom stereocenters. The van der Waals surface area contributed by atoms with E-state index in [-0.39, 0.29) is 35.2 Å². The van der Waals surface area contributed by atoms with Gasteiger partial charge in [-0.15, -0.1) is 11.3 Å². The van der Waals surface area contributed by atoms with Crippen LogP contribution in [-0.4, -0.2) is 43.7 Å². The minimum Gasteiger partial charge on any atom is -0.375 e. The number of rotatable bonds is 7. The smallest absolute Gasteiger partial charge is 0.375 e. The first kappa shape index (κ1) is 27.1. The Balaban J connectivity index is 1.38. The third-order valence-corrected chi connectivity index (χ3v) is 8.60. The van der Waals surface area contributed by atoms with Gasteiger partial charge < -0.3 is 9.67 Å². The van der Waals surface area contributed by atoms with Crippen molar-refractivity contribution in [2.24, 2.45) is 0 Å². The monoisotopic (exact) mass is 578 g/mol. The number of nitrogens with zero attached hydrogens (tertiary/aromatic N) is 4. The Morgan fingerprint density at radius 3 is 2.41 bits per heavy atom. The van der Waals surface area contributed by atoms with Crippen molar-refractivity contribution in [3.63, 3.8) is 0 Å². The van der Waals surface area contributed by atoms with Crippen molar-refractivity contribution < 1.29 is 23.2 Å². The Bertz CT molecular complexity index is 1720. The fourth-order valence-corrected chi connectivity index (χ4v) is 6.53. The fraction of sp³-hybridized carbons (Fsp3) is 0.233. The largest absolute Gasteiger partial charge is 0.422 e. The Morgan fingerprint density at radius 2 is 1.73 bits per heavy atom. The topological polar surface area (TPSA) is 84.4 Å². The second-order valence-corrected chi connectivity index (χ2v) is 11.3. The van der Waals surface area contributed by atoms with E-state index in [1.807, 2.05) is 60.7 Å². The van der Waals surface area contributed by atoms with Crippen LogP contribution >= 0.6 is 11.3 Å². The average Bonchev–Trinajstić information content (AvgIpc) is 3.55. The Labute approximate surface area is 237 Å². The molecule has 3 aromatic carbocycles. The van der Waals surface area contributed by atoms with Crippen molar-refractivity contribution in [2.45, 2.75) is 31.3 Å². The van der Waals surface area contributed by atoms with Gasteiger partial charge in [0, 0.05) is 72.3 Å². The molecule has 210 valence electrons. The SMILES string of the molecule is O=[N+]([O-])c1ccc2c(C(O)(CN3CCc4nc(-c5ccccc5)sc4C3)C(F)(F)F)cn(Cc3ccccc3)c2c1. The molecule has 6 rings (SSSR count). The quantitative estimate of drug-likeness (QED) is 0.175. The summed E-state index contributed by atoms with van der Waals surface area (Å²) in [6, 6.07) is 22.4. The number of fused-ring (bicyclic) bond motifs is 2. The third kappa shape index (κ3) is 5.12. The molecule has 1 aliphatic heterocycles. The highest BCUT2D eigenvalue weighted by Gasteiger charge is 2.57. The lowest BCUT2D eigenvalue weighted by Gasteiger charge is -2.37. The minimum atomic E-state index is -5.01. The normalized spacial score (nSPS) is 15.5. The van der Waals surface area contributed by atoms with Gasteiger partial charge in [0.15, 0.2) is 0 Å². The van der Waals surface area contributed by atoms with Crippen LogP contribution in [0.2, 0.25) is 0 Å². The summed E-state index contributed by atoms with van der Waals surface area (Å²) in [4.78, 5) is 18.1. The van der Waals surface area contributed by atoms with Crippen molar-refractivity contribution in [1.82, 2.24) is 14.5 Å². The van der Waals surface area contributed by atoms with E-state index in [0.29, 0.717) is 13.0 Å². The Kier molecular flexibility index (Phi) is 6.88. The maximum atomic E-state index is 14.8. The Morgan fingerprint density at radius 1 is 1.02 bits per heavy atom. The highest BCUT2D eigenvalue weighted by Crippen LogP contribution is 2.45. The molecule has 3 heterocycles. The van der Waals surface area contributed by atoms with Crippen molar-refractivity contribution in [2.75, 3.05) is 13.1 Å². The number of aliphatic hydroxyl groups is 1. The summed E-state index contributed by atoms with van der Waals surface area (Å²) < 4.78 is 46.0. The van der Waals surface area contributed by atoms with E-state index in [2.05, 4.69) is 0 Å². The first-order valence-electron chi connectivity index (χ1n) is 13.0. The van der Waals surface area contributed by atoms with E-state index in [9.17, 15) is 28.4 Å². The van der Waals surface area contributed by atoms with Crippen LogP contribution in [0.5, 0.6) is 0 Å². The number of benzene rings is 3. The molecule has 0 saturated heterocycles. The van der Waals surface area contributed by atoms with Gasteiger partial charge in [-0.25, -0.2) is 4.98 Å². The number of hydrogen-bond donors (Lipinski definition) is 1. The van der Waals surface area contributed by atoms with Gasteiger partial charge in [-0.1, -0.05) is 60.7 Å².